The van der Waals surface area contributed by atoms with Crippen molar-refractivity contribution >= 4 is 26.0 Å². The van der Waals surface area contributed by atoms with Gasteiger partial charge in [0.15, 0.2) is 0 Å². The third-order valence-electron chi connectivity index (χ3n) is 3.13. The van der Waals surface area contributed by atoms with E-state index in [9.17, 15) is 8.42 Å². The fourth-order valence-corrected chi connectivity index (χ4v) is 4.44. The highest BCUT2D eigenvalue weighted by atomic mass is 79.9. The van der Waals surface area contributed by atoms with Crippen LogP contribution < -0.4 is 4.72 Å². The van der Waals surface area contributed by atoms with E-state index in [4.69, 9.17) is 0 Å². The highest BCUT2D eigenvalue weighted by molar-refractivity contribution is 9.10. The van der Waals surface area contributed by atoms with Gasteiger partial charge in [0.1, 0.15) is 0 Å². The van der Waals surface area contributed by atoms with Gasteiger partial charge in [-0.3, -0.25) is 0 Å². The van der Waals surface area contributed by atoms with Gasteiger partial charge in [0.25, 0.3) is 0 Å². The van der Waals surface area contributed by atoms with Gasteiger partial charge in [-0.05, 0) is 52.9 Å². The Hall–Kier alpha value is -0.390. The molecular formula is C12H16BrNO2S. The molecule has 0 bridgehead atoms. The van der Waals surface area contributed by atoms with Crippen LogP contribution in [0.5, 0.6) is 0 Å². The summed E-state index contributed by atoms with van der Waals surface area (Å²) in [4.78, 5) is 0.324. The molecule has 1 aliphatic carbocycles. The minimum Gasteiger partial charge on any atom is -0.208 e. The Morgan fingerprint density at radius 3 is 2.71 bits per heavy atom. The molecule has 1 N–H and O–H groups in total. The summed E-state index contributed by atoms with van der Waals surface area (Å²) in [6.45, 7) is 4.02. The smallest absolute Gasteiger partial charge is 0.208 e. The summed E-state index contributed by atoms with van der Waals surface area (Å²) in [5.74, 6) is 0.508. The van der Waals surface area contributed by atoms with E-state index in [0.717, 1.165) is 18.4 Å². The first-order chi connectivity index (χ1) is 7.94. The maximum atomic E-state index is 12.1. The Kier molecular flexibility index (Phi) is 3.61. The summed E-state index contributed by atoms with van der Waals surface area (Å²) in [7, 11) is -3.38. The lowest BCUT2D eigenvalue weighted by Gasteiger charge is -2.08. The Labute approximate surface area is 111 Å². The zero-order valence-corrected chi connectivity index (χ0v) is 12.3. The summed E-state index contributed by atoms with van der Waals surface area (Å²) < 4.78 is 27.6. The molecule has 0 aliphatic heterocycles. The minimum absolute atomic E-state index is 0.123. The molecule has 1 aliphatic rings. The maximum Gasteiger partial charge on any atom is 0.241 e. The van der Waals surface area contributed by atoms with E-state index in [1.807, 2.05) is 19.1 Å². The topological polar surface area (TPSA) is 46.2 Å². The number of aryl methyl sites for hydroxylation is 1. The van der Waals surface area contributed by atoms with Crippen LogP contribution in [0.3, 0.4) is 0 Å². The monoisotopic (exact) mass is 317 g/mol. The first kappa shape index (κ1) is 13.1. The molecule has 0 spiro atoms. The van der Waals surface area contributed by atoms with Gasteiger partial charge in [0.05, 0.1) is 4.90 Å². The Morgan fingerprint density at radius 2 is 2.18 bits per heavy atom. The minimum atomic E-state index is -3.38. The van der Waals surface area contributed by atoms with E-state index >= 15 is 0 Å². The molecular weight excluding hydrogens is 302 g/mol. The van der Waals surface area contributed by atoms with Crippen LogP contribution in [0.4, 0.5) is 0 Å². The van der Waals surface area contributed by atoms with E-state index in [2.05, 4.69) is 27.6 Å². The SMILES string of the molecule is CCC1CC1NS(=O)(=O)c1ccc(C)cc1Br. The van der Waals surface area contributed by atoms with Crippen LogP contribution in [0.1, 0.15) is 25.3 Å². The second-order valence-electron chi connectivity index (χ2n) is 4.57. The van der Waals surface area contributed by atoms with Crippen LogP contribution >= 0.6 is 15.9 Å². The molecule has 1 aromatic carbocycles. The third kappa shape index (κ3) is 2.89. The number of benzene rings is 1. The number of sulfonamides is 1. The summed E-state index contributed by atoms with van der Waals surface area (Å²) in [6.07, 6.45) is 1.99. The van der Waals surface area contributed by atoms with E-state index in [-0.39, 0.29) is 6.04 Å². The third-order valence-corrected chi connectivity index (χ3v) is 5.60. The second-order valence-corrected chi connectivity index (χ2v) is 7.10. The van der Waals surface area contributed by atoms with Gasteiger partial charge in [0, 0.05) is 10.5 Å². The van der Waals surface area contributed by atoms with Crippen molar-refractivity contribution < 1.29 is 8.42 Å². The van der Waals surface area contributed by atoms with Gasteiger partial charge in [-0.25, -0.2) is 13.1 Å². The largest absolute Gasteiger partial charge is 0.241 e. The van der Waals surface area contributed by atoms with Crippen LogP contribution in [0.2, 0.25) is 0 Å². The molecule has 1 saturated carbocycles. The van der Waals surface area contributed by atoms with Gasteiger partial charge in [-0.2, -0.15) is 0 Å². The first-order valence-electron chi connectivity index (χ1n) is 5.72. The van der Waals surface area contributed by atoms with Crippen molar-refractivity contribution in [3.05, 3.63) is 28.2 Å². The van der Waals surface area contributed by atoms with Crippen molar-refractivity contribution in [1.29, 1.82) is 0 Å². The van der Waals surface area contributed by atoms with E-state index in [1.165, 1.54) is 0 Å². The molecule has 0 saturated heterocycles. The van der Waals surface area contributed by atoms with Crippen LogP contribution in [-0.4, -0.2) is 14.5 Å². The molecule has 17 heavy (non-hydrogen) atoms. The predicted molar refractivity (Wildman–Crippen MR) is 71.4 cm³/mol. The summed E-state index contributed by atoms with van der Waals surface area (Å²) >= 11 is 3.31. The van der Waals surface area contributed by atoms with Gasteiger partial charge in [0.2, 0.25) is 10.0 Å². The van der Waals surface area contributed by atoms with Gasteiger partial charge in [-0.1, -0.05) is 19.4 Å². The highest BCUT2D eigenvalue weighted by Gasteiger charge is 2.38. The fourth-order valence-electron chi connectivity index (χ4n) is 1.93. The van der Waals surface area contributed by atoms with Gasteiger partial charge in [-0.15, -0.1) is 0 Å². The normalized spacial score (nSPS) is 23.7. The van der Waals surface area contributed by atoms with Crippen molar-refractivity contribution in [2.75, 3.05) is 0 Å². The number of nitrogens with one attached hydrogen (secondary N) is 1. The molecule has 0 amide bonds. The van der Waals surface area contributed by atoms with Crippen LogP contribution in [0.15, 0.2) is 27.6 Å². The van der Waals surface area contributed by atoms with E-state index < -0.39 is 10.0 Å². The lowest BCUT2D eigenvalue weighted by atomic mass is 10.2. The highest BCUT2D eigenvalue weighted by Crippen LogP contribution is 2.35. The second kappa shape index (κ2) is 4.71. The predicted octanol–water partition coefficient (Wildman–Crippen LogP) is 2.83. The zero-order chi connectivity index (χ0) is 12.6. The number of halogens is 1. The molecule has 0 radical (unpaired) electrons. The lowest BCUT2D eigenvalue weighted by Crippen LogP contribution is -2.27. The summed E-state index contributed by atoms with van der Waals surface area (Å²) in [6, 6.07) is 5.39. The van der Waals surface area contributed by atoms with E-state index in [0.29, 0.717) is 15.3 Å². The Balaban J connectivity index is 2.20. The summed E-state index contributed by atoms with van der Waals surface area (Å²) in [5.41, 5.74) is 1.04. The average molecular weight is 318 g/mol. The van der Waals surface area contributed by atoms with Crippen molar-refractivity contribution in [2.45, 2.75) is 37.6 Å². The molecule has 2 atom stereocenters. The summed E-state index contributed by atoms with van der Waals surface area (Å²) in [5, 5.41) is 0. The van der Waals surface area contributed by atoms with Crippen LogP contribution in [0, 0.1) is 12.8 Å². The van der Waals surface area contributed by atoms with Gasteiger partial charge >= 0.3 is 0 Å². The van der Waals surface area contributed by atoms with E-state index in [1.54, 1.807) is 6.07 Å². The van der Waals surface area contributed by atoms with Crippen molar-refractivity contribution in [2.24, 2.45) is 5.92 Å². The maximum absolute atomic E-state index is 12.1. The molecule has 0 heterocycles. The van der Waals surface area contributed by atoms with Gasteiger partial charge < -0.3 is 0 Å². The first-order valence-corrected chi connectivity index (χ1v) is 8.00. The molecule has 94 valence electrons. The molecule has 3 nitrogen and oxygen atoms in total. The Morgan fingerprint density at radius 1 is 1.47 bits per heavy atom. The standard InChI is InChI=1S/C12H16BrNO2S/c1-3-9-7-11(9)14-17(15,16)12-5-4-8(2)6-10(12)13/h4-6,9,11,14H,3,7H2,1-2H3. The number of hydrogen-bond donors (Lipinski definition) is 1. The fraction of sp³-hybridized carbons (Fsp3) is 0.500. The zero-order valence-electron chi connectivity index (χ0n) is 9.90. The molecule has 2 unspecified atom stereocenters. The van der Waals surface area contributed by atoms with Crippen molar-refractivity contribution in [3.63, 3.8) is 0 Å². The lowest BCUT2D eigenvalue weighted by molar-refractivity contribution is 0.575. The molecule has 5 heteroatoms. The molecule has 1 aromatic rings. The Bertz CT molecular complexity index is 527. The average Bonchev–Trinajstić information content (AvgIpc) is 2.94. The van der Waals surface area contributed by atoms with Crippen molar-refractivity contribution in [1.82, 2.24) is 4.72 Å². The number of rotatable bonds is 4. The van der Waals surface area contributed by atoms with Crippen molar-refractivity contribution in [3.8, 4) is 0 Å². The molecule has 2 rings (SSSR count). The van der Waals surface area contributed by atoms with Crippen LogP contribution in [-0.2, 0) is 10.0 Å². The number of hydrogen-bond acceptors (Lipinski definition) is 2. The van der Waals surface area contributed by atoms with Crippen LogP contribution in [0.25, 0.3) is 0 Å². The molecule has 1 fully saturated rings. The molecule has 0 aromatic heterocycles. The quantitative estimate of drug-likeness (QED) is 0.928.